The van der Waals surface area contributed by atoms with E-state index in [9.17, 15) is 0 Å². The first-order valence-electron chi connectivity index (χ1n) is 8.60. The number of nitrogens with one attached hydrogen (secondary N) is 1. The van der Waals surface area contributed by atoms with E-state index in [0.717, 1.165) is 19.6 Å². The van der Waals surface area contributed by atoms with Crippen molar-refractivity contribution in [1.29, 1.82) is 0 Å². The van der Waals surface area contributed by atoms with Gasteiger partial charge in [0.25, 0.3) is 0 Å². The predicted octanol–water partition coefficient (Wildman–Crippen LogP) is 4.17. The maximum absolute atomic E-state index is 5.88. The van der Waals surface area contributed by atoms with Gasteiger partial charge in [-0.2, -0.15) is 0 Å². The molecule has 1 N–H and O–H groups in total. The zero-order valence-corrected chi connectivity index (χ0v) is 14.0. The van der Waals surface area contributed by atoms with Gasteiger partial charge >= 0.3 is 0 Å². The minimum atomic E-state index is 0.498. The van der Waals surface area contributed by atoms with E-state index in [2.05, 4.69) is 44.3 Å². The second-order valence-corrected chi connectivity index (χ2v) is 6.40. The molecule has 1 aromatic rings. The van der Waals surface area contributed by atoms with E-state index in [-0.39, 0.29) is 0 Å². The normalized spacial score (nSPS) is 20.4. The minimum absolute atomic E-state index is 0.498. The van der Waals surface area contributed by atoms with Crippen LogP contribution in [0.1, 0.15) is 55.7 Å². The lowest BCUT2D eigenvalue weighted by atomic mass is 9.93. The van der Waals surface area contributed by atoms with Crippen molar-refractivity contribution in [2.45, 2.75) is 71.4 Å². The summed E-state index contributed by atoms with van der Waals surface area (Å²) in [6.07, 6.45) is 7.89. The van der Waals surface area contributed by atoms with Gasteiger partial charge in [-0.15, -0.1) is 0 Å². The van der Waals surface area contributed by atoms with Crippen molar-refractivity contribution in [3.05, 3.63) is 34.9 Å². The number of ether oxygens (including phenoxy) is 1. The van der Waals surface area contributed by atoms with Crippen LogP contribution in [0.25, 0.3) is 0 Å². The van der Waals surface area contributed by atoms with Gasteiger partial charge in [0.15, 0.2) is 0 Å². The Morgan fingerprint density at radius 1 is 1.24 bits per heavy atom. The molecule has 1 fully saturated rings. The monoisotopic (exact) mass is 289 g/mol. The third-order valence-electron chi connectivity index (χ3n) is 4.70. The topological polar surface area (TPSA) is 21.3 Å². The molecule has 0 aliphatic carbocycles. The average molecular weight is 289 g/mol. The average Bonchev–Trinajstić information content (AvgIpc) is 2.49. The molecule has 118 valence electrons. The van der Waals surface area contributed by atoms with E-state index >= 15 is 0 Å². The molecular weight excluding hydrogens is 258 g/mol. The zero-order chi connectivity index (χ0) is 15.1. The number of aryl methyl sites for hydroxylation is 2. The summed E-state index contributed by atoms with van der Waals surface area (Å²) in [6.45, 7) is 8.68. The van der Waals surface area contributed by atoms with Crippen LogP contribution in [0.3, 0.4) is 0 Å². The Balaban J connectivity index is 1.91. The van der Waals surface area contributed by atoms with E-state index in [1.165, 1.54) is 48.8 Å². The van der Waals surface area contributed by atoms with Gasteiger partial charge < -0.3 is 10.1 Å². The van der Waals surface area contributed by atoms with Crippen LogP contribution in [0, 0.1) is 13.8 Å². The largest absolute Gasteiger partial charge is 0.378 e. The molecule has 1 saturated heterocycles. The number of likely N-dealkylation sites (N-methyl/N-ethyl adjacent to an activating group) is 1. The second-order valence-electron chi connectivity index (χ2n) is 6.40. The van der Waals surface area contributed by atoms with E-state index in [0.29, 0.717) is 12.1 Å². The number of hydrogen-bond acceptors (Lipinski definition) is 2. The Labute approximate surface area is 130 Å². The quantitative estimate of drug-likeness (QED) is 0.813. The standard InChI is InChI=1S/C19H31NO/c1-4-20-17(11-12-18-10-5-6-13-21-18)14-19-15(2)8-7-9-16(19)3/h7-9,17-18,20H,4-6,10-14H2,1-3H3. The molecule has 1 aliphatic heterocycles. The lowest BCUT2D eigenvalue weighted by molar-refractivity contribution is 0.00860. The van der Waals surface area contributed by atoms with Crippen molar-refractivity contribution < 1.29 is 4.74 Å². The first kappa shape index (κ1) is 16.5. The van der Waals surface area contributed by atoms with Gasteiger partial charge in [0, 0.05) is 12.6 Å². The lowest BCUT2D eigenvalue weighted by Gasteiger charge is -2.26. The first-order valence-corrected chi connectivity index (χ1v) is 8.60. The fourth-order valence-electron chi connectivity index (χ4n) is 3.40. The summed E-state index contributed by atoms with van der Waals surface area (Å²) in [4.78, 5) is 0. The van der Waals surface area contributed by atoms with Gasteiger partial charge in [-0.05, 0) is 75.6 Å². The van der Waals surface area contributed by atoms with Crippen LogP contribution in [0.2, 0.25) is 0 Å². The number of hydrogen-bond donors (Lipinski definition) is 1. The second kappa shape index (κ2) is 8.55. The summed E-state index contributed by atoms with van der Waals surface area (Å²) in [6, 6.07) is 7.19. The molecular formula is C19H31NO. The molecule has 2 atom stereocenters. The van der Waals surface area contributed by atoms with Gasteiger partial charge in [-0.3, -0.25) is 0 Å². The van der Waals surface area contributed by atoms with E-state index in [1.54, 1.807) is 0 Å². The van der Waals surface area contributed by atoms with Crippen molar-refractivity contribution in [1.82, 2.24) is 5.32 Å². The highest BCUT2D eigenvalue weighted by Gasteiger charge is 2.17. The van der Waals surface area contributed by atoms with Crippen LogP contribution in [0.4, 0.5) is 0 Å². The van der Waals surface area contributed by atoms with Gasteiger partial charge in [-0.1, -0.05) is 25.1 Å². The SMILES string of the molecule is CCNC(CCC1CCCCO1)Cc1c(C)cccc1C. The minimum Gasteiger partial charge on any atom is -0.378 e. The summed E-state index contributed by atoms with van der Waals surface area (Å²) in [5, 5.41) is 3.67. The molecule has 1 aromatic carbocycles. The van der Waals surface area contributed by atoms with Crippen LogP contribution in [-0.2, 0) is 11.2 Å². The fourth-order valence-corrected chi connectivity index (χ4v) is 3.40. The van der Waals surface area contributed by atoms with E-state index < -0.39 is 0 Å². The van der Waals surface area contributed by atoms with Crippen molar-refractivity contribution in [2.75, 3.05) is 13.2 Å². The van der Waals surface area contributed by atoms with Gasteiger partial charge in [0.2, 0.25) is 0 Å². The smallest absolute Gasteiger partial charge is 0.0575 e. The van der Waals surface area contributed by atoms with Gasteiger partial charge in [-0.25, -0.2) is 0 Å². The number of benzene rings is 1. The Morgan fingerprint density at radius 3 is 2.62 bits per heavy atom. The molecule has 2 rings (SSSR count). The zero-order valence-electron chi connectivity index (χ0n) is 14.0. The highest BCUT2D eigenvalue weighted by molar-refractivity contribution is 5.34. The molecule has 2 heteroatoms. The van der Waals surface area contributed by atoms with Crippen molar-refractivity contribution in [2.24, 2.45) is 0 Å². The van der Waals surface area contributed by atoms with Crippen molar-refractivity contribution in [3.8, 4) is 0 Å². The molecule has 0 saturated carbocycles. The molecule has 0 amide bonds. The van der Waals surface area contributed by atoms with Crippen LogP contribution >= 0.6 is 0 Å². The number of rotatable bonds is 7. The Hall–Kier alpha value is -0.860. The Kier molecular flexibility index (Phi) is 6.72. The summed E-state index contributed by atoms with van der Waals surface area (Å²) in [7, 11) is 0. The molecule has 2 nitrogen and oxygen atoms in total. The predicted molar refractivity (Wildman–Crippen MR) is 89.9 cm³/mol. The molecule has 21 heavy (non-hydrogen) atoms. The highest BCUT2D eigenvalue weighted by atomic mass is 16.5. The Morgan fingerprint density at radius 2 is 2.00 bits per heavy atom. The summed E-state index contributed by atoms with van der Waals surface area (Å²) >= 11 is 0. The summed E-state index contributed by atoms with van der Waals surface area (Å²) in [5.41, 5.74) is 4.37. The fraction of sp³-hybridized carbons (Fsp3) is 0.684. The maximum atomic E-state index is 5.88. The third-order valence-corrected chi connectivity index (χ3v) is 4.70. The van der Waals surface area contributed by atoms with Crippen LogP contribution in [0.5, 0.6) is 0 Å². The lowest BCUT2D eigenvalue weighted by Crippen LogP contribution is -2.33. The van der Waals surface area contributed by atoms with E-state index in [1.807, 2.05) is 0 Å². The summed E-state index contributed by atoms with van der Waals surface area (Å²) < 4.78 is 5.88. The molecule has 0 bridgehead atoms. The Bertz CT molecular complexity index is 403. The molecule has 0 radical (unpaired) electrons. The third kappa shape index (κ3) is 5.12. The van der Waals surface area contributed by atoms with Crippen molar-refractivity contribution >= 4 is 0 Å². The first-order chi connectivity index (χ1) is 10.2. The van der Waals surface area contributed by atoms with Crippen LogP contribution < -0.4 is 5.32 Å². The molecule has 1 aliphatic rings. The molecule has 1 heterocycles. The highest BCUT2D eigenvalue weighted by Crippen LogP contribution is 2.21. The molecule has 0 aromatic heterocycles. The van der Waals surface area contributed by atoms with E-state index in [4.69, 9.17) is 4.74 Å². The molecule has 0 spiro atoms. The van der Waals surface area contributed by atoms with Crippen LogP contribution in [0.15, 0.2) is 18.2 Å². The summed E-state index contributed by atoms with van der Waals surface area (Å²) in [5.74, 6) is 0. The maximum Gasteiger partial charge on any atom is 0.0575 e. The van der Waals surface area contributed by atoms with Gasteiger partial charge in [0.05, 0.1) is 6.10 Å². The van der Waals surface area contributed by atoms with Crippen LogP contribution in [-0.4, -0.2) is 25.3 Å². The van der Waals surface area contributed by atoms with Crippen molar-refractivity contribution in [3.63, 3.8) is 0 Å². The van der Waals surface area contributed by atoms with Gasteiger partial charge in [0.1, 0.15) is 0 Å². The molecule has 2 unspecified atom stereocenters.